The Hall–Kier alpha value is -1.88. The molecule has 0 aliphatic rings. The molecule has 0 aliphatic heterocycles. The number of aromatic amines is 1. The molecule has 1 heterocycles. The highest BCUT2D eigenvalue weighted by Gasteiger charge is 2.17. The summed E-state index contributed by atoms with van der Waals surface area (Å²) in [5, 5.41) is 2.27. The predicted octanol–water partition coefficient (Wildman–Crippen LogP) is 5.44. The third-order valence-corrected chi connectivity index (χ3v) is 4.97. The number of benzene rings is 2. The first kappa shape index (κ1) is 18.9. The molecule has 0 spiro atoms. The number of nitrogens with two attached hydrogens (primary N) is 1. The summed E-state index contributed by atoms with van der Waals surface area (Å²) in [5.41, 5.74) is 9.71. The number of H-pyrrole nitrogens is 1. The van der Waals surface area contributed by atoms with Crippen molar-refractivity contribution in [1.29, 1.82) is 0 Å². The number of unbranched alkanes of at least 4 members (excludes halogenated alkanes) is 1. The van der Waals surface area contributed by atoms with E-state index in [9.17, 15) is 0 Å². The summed E-state index contributed by atoms with van der Waals surface area (Å²) in [5.74, 6) is 1.46. The molecule has 26 heavy (non-hydrogen) atoms. The Labute approximate surface area is 163 Å². The van der Waals surface area contributed by atoms with Crippen LogP contribution >= 0.6 is 23.2 Å². The molecule has 0 saturated carbocycles. The van der Waals surface area contributed by atoms with Crippen LogP contribution in [0.15, 0.2) is 30.3 Å². The Bertz CT molecular complexity index is 900. The van der Waals surface area contributed by atoms with Crippen molar-refractivity contribution in [1.82, 2.24) is 4.98 Å². The standard InChI is InChI=1S/C20H22Cl2N2O2/c1-25-14-7-12(8-15(11-14)26-2)19-16(5-3-4-6-23)17-9-13(21)10-18(22)20(17)24-19/h7-11,24H,3-6,23H2,1-2H3. The van der Waals surface area contributed by atoms with Crippen molar-refractivity contribution in [2.24, 2.45) is 5.73 Å². The maximum Gasteiger partial charge on any atom is 0.123 e. The van der Waals surface area contributed by atoms with Crippen LogP contribution < -0.4 is 15.2 Å². The smallest absolute Gasteiger partial charge is 0.123 e. The number of fused-ring (bicyclic) bond motifs is 1. The topological polar surface area (TPSA) is 60.3 Å². The molecule has 138 valence electrons. The average molecular weight is 393 g/mol. The molecule has 3 N–H and O–H groups in total. The van der Waals surface area contributed by atoms with Gasteiger partial charge in [-0.2, -0.15) is 0 Å². The van der Waals surface area contributed by atoms with Gasteiger partial charge in [0.25, 0.3) is 0 Å². The molecule has 0 fully saturated rings. The summed E-state index contributed by atoms with van der Waals surface area (Å²) in [4.78, 5) is 3.47. The van der Waals surface area contributed by atoms with Crippen LogP contribution in [-0.4, -0.2) is 25.7 Å². The lowest BCUT2D eigenvalue weighted by Gasteiger charge is -2.10. The Balaban J connectivity index is 2.21. The highest BCUT2D eigenvalue weighted by atomic mass is 35.5. The number of nitrogens with one attached hydrogen (secondary N) is 1. The van der Waals surface area contributed by atoms with Crippen molar-refractivity contribution < 1.29 is 9.47 Å². The van der Waals surface area contributed by atoms with E-state index in [0.29, 0.717) is 16.6 Å². The third kappa shape index (κ3) is 3.78. The van der Waals surface area contributed by atoms with Crippen molar-refractivity contribution in [2.75, 3.05) is 20.8 Å². The lowest BCUT2D eigenvalue weighted by molar-refractivity contribution is 0.394. The summed E-state index contributed by atoms with van der Waals surface area (Å²) >= 11 is 12.7. The molecule has 3 rings (SSSR count). The second kappa shape index (κ2) is 8.21. The second-order valence-corrected chi connectivity index (χ2v) is 6.98. The van der Waals surface area contributed by atoms with Gasteiger partial charge in [-0.25, -0.2) is 0 Å². The van der Waals surface area contributed by atoms with Crippen molar-refractivity contribution in [3.63, 3.8) is 0 Å². The molecule has 0 bridgehead atoms. The molecule has 0 saturated heterocycles. The first-order valence-corrected chi connectivity index (χ1v) is 9.26. The van der Waals surface area contributed by atoms with E-state index in [1.165, 1.54) is 5.56 Å². The lowest BCUT2D eigenvalue weighted by Crippen LogP contribution is -1.99. The zero-order valence-corrected chi connectivity index (χ0v) is 16.4. The average Bonchev–Trinajstić information content (AvgIpc) is 3.00. The van der Waals surface area contributed by atoms with E-state index in [4.69, 9.17) is 38.4 Å². The molecule has 0 radical (unpaired) electrons. The molecule has 6 heteroatoms. The molecule has 0 atom stereocenters. The number of aromatic nitrogens is 1. The number of hydrogen-bond donors (Lipinski definition) is 2. The van der Waals surface area contributed by atoms with Gasteiger partial charge in [0.05, 0.1) is 30.5 Å². The Morgan fingerprint density at radius 1 is 0.962 bits per heavy atom. The van der Waals surface area contributed by atoms with Crippen molar-refractivity contribution >= 4 is 34.1 Å². The summed E-state index contributed by atoms with van der Waals surface area (Å²) in [6.07, 6.45) is 2.83. The van der Waals surface area contributed by atoms with Crippen LogP contribution in [-0.2, 0) is 6.42 Å². The van der Waals surface area contributed by atoms with E-state index >= 15 is 0 Å². The molecule has 1 aromatic heterocycles. The van der Waals surface area contributed by atoms with Crippen molar-refractivity contribution in [2.45, 2.75) is 19.3 Å². The number of halogens is 2. The molecule has 0 amide bonds. The minimum absolute atomic E-state index is 0.605. The highest BCUT2D eigenvalue weighted by Crippen LogP contribution is 2.38. The van der Waals surface area contributed by atoms with Gasteiger partial charge in [-0.15, -0.1) is 0 Å². The van der Waals surface area contributed by atoms with E-state index in [1.807, 2.05) is 24.3 Å². The van der Waals surface area contributed by atoms with Gasteiger partial charge in [-0.05, 0) is 55.6 Å². The highest BCUT2D eigenvalue weighted by molar-refractivity contribution is 6.38. The van der Waals surface area contributed by atoms with Gasteiger partial charge in [-0.3, -0.25) is 0 Å². The normalized spacial score (nSPS) is 11.1. The molecule has 4 nitrogen and oxygen atoms in total. The number of hydrogen-bond acceptors (Lipinski definition) is 3. The van der Waals surface area contributed by atoms with Gasteiger partial charge < -0.3 is 20.2 Å². The lowest BCUT2D eigenvalue weighted by atomic mass is 10.00. The zero-order chi connectivity index (χ0) is 18.7. The Morgan fingerprint density at radius 2 is 1.65 bits per heavy atom. The molecular weight excluding hydrogens is 371 g/mol. The van der Waals surface area contributed by atoms with E-state index in [1.54, 1.807) is 20.3 Å². The number of rotatable bonds is 7. The summed E-state index contributed by atoms with van der Waals surface area (Å²) < 4.78 is 10.8. The molecule has 3 aromatic rings. The summed E-state index contributed by atoms with van der Waals surface area (Å²) in [6.45, 7) is 0.673. The van der Waals surface area contributed by atoms with Gasteiger partial charge in [-0.1, -0.05) is 23.2 Å². The SMILES string of the molecule is COc1cc(OC)cc(-c2[nH]c3c(Cl)cc(Cl)cc3c2CCCCN)c1. The van der Waals surface area contributed by atoms with Crippen molar-refractivity contribution in [3.05, 3.63) is 45.9 Å². The van der Waals surface area contributed by atoms with Crippen molar-refractivity contribution in [3.8, 4) is 22.8 Å². The first-order valence-electron chi connectivity index (χ1n) is 8.50. The van der Waals surface area contributed by atoms with Gasteiger partial charge in [0, 0.05) is 22.0 Å². The molecule has 2 aromatic carbocycles. The fraction of sp³-hybridized carbons (Fsp3) is 0.300. The van der Waals surface area contributed by atoms with Crippen LogP contribution in [0.3, 0.4) is 0 Å². The molecular formula is C20H22Cl2N2O2. The summed E-state index contributed by atoms with van der Waals surface area (Å²) in [6, 6.07) is 9.52. The van der Waals surface area contributed by atoms with Gasteiger partial charge >= 0.3 is 0 Å². The van der Waals surface area contributed by atoms with Crippen LogP contribution in [0.1, 0.15) is 18.4 Å². The van der Waals surface area contributed by atoms with Crippen LogP contribution in [0, 0.1) is 0 Å². The minimum Gasteiger partial charge on any atom is -0.497 e. The predicted molar refractivity (Wildman–Crippen MR) is 109 cm³/mol. The van der Waals surface area contributed by atoms with Gasteiger partial charge in [0.1, 0.15) is 11.5 Å². The monoisotopic (exact) mass is 392 g/mol. The van der Waals surface area contributed by atoms with Gasteiger partial charge in [0.2, 0.25) is 0 Å². The Kier molecular flexibility index (Phi) is 5.97. The van der Waals surface area contributed by atoms with E-state index in [2.05, 4.69) is 4.98 Å². The fourth-order valence-electron chi connectivity index (χ4n) is 3.18. The van der Waals surface area contributed by atoms with Crippen LogP contribution in [0.25, 0.3) is 22.2 Å². The number of methoxy groups -OCH3 is 2. The van der Waals surface area contributed by atoms with E-state index in [0.717, 1.165) is 52.9 Å². The van der Waals surface area contributed by atoms with E-state index < -0.39 is 0 Å². The van der Waals surface area contributed by atoms with Crippen LogP contribution in [0.2, 0.25) is 10.0 Å². The van der Waals surface area contributed by atoms with Crippen LogP contribution in [0.4, 0.5) is 0 Å². The third-order valence-electron chi connectivity index (χ3n) is 4.45. The second-order valence-electron chi connectivity index (χ2n) is 6.14. The minimum atomic E-state index is 0.605. The molecule has 0 aliphatic carbocycles. The van der Waals surface area contributed by atoms with Gasteiger partial charge in [0.15, 0.2) is 0 Å². The zero-order valence-electron chi connectivity index (χ0n) is 14.9. The van der Waals surface area contributed by atoms with Crippen LogP contribution in [0.5, 0.6) is 11.5 Å². The summed E-state index contributed by atoms with van der Waals surface area (Å²) in [7, 11) is 3.28. The maximum atomic E-state index is 6.43. The molecule has 0 unspecified atom stereocenters. The quantitative estimate of drug-likeness (QED) is 0.526. The number of aryl methyl sites for hydroxylation is 1. The van der Waals surface area contributed by atoms with E-state index in [-0.39, 0.29) is 0 Å². The fourth-order valence-corrected chi connectivity index (χ4v) is 3.72. The Morgan fingerprint density at radius 3 is 2.27 bits per heavy atom. The number of ether oxygens (including phenoxy) is 2. The largest absolute Gasteiger partial charge is 0.497 e. The first-order chi connectivity index (χ1) is 12.6. The maximum absolute atomic E-state index is 6.43.